The smallest absolute Gasteiger partial charge is 0.416 e. The molecule has 0 fully saturated rings. The summed E-state index contributed by atoms with van der Waals surface area (Å²) in [4.78, 5) is 0. The number of aliphatic hydroxyl groups is 1. The Labute approximate surface area is 84.3 Å². The molecule has 0 saturated carbocycles. The van der Waals surface area contributed by atoms with Gasteiger partial charge in [0.2, 0.25) is 0 Å². The second-order valence-electron chi connectivity index (χ2n) is 2.90. The van der Waals surface area contributed by atoms with Crippen LogP contribution < -0.4 is 0 Å². The highest BCUT2D eigenvalue weighted by molar-refractivity contribution is 5.53. The lowest BCUT2D eigenvalue weighted by Gasteiger charge is -2.07. The summed E-state index contributed by atoms with van der Waals surface area (Å²) in [5.41, 5.74) is -0.725. The molecule has 82 valence electrons. The topological polar surface area (TPSA) is 40.5 Å². The minimum atomic E-state index is -4.49. The molecule has 0 aliphatic heterocycles. The molecule has 0 saturated heterocycles. The maximum absolute atomic E-state index is 12.3. The Morgan fingerprint density at radius 3 is 2.40 bits per heavy atom. The van der Waals surface area contributed by atoms with Crippen LogP contribution in [0.1, 0.15) is 11.1 Å². The van der Waals surface area contributed by atoms with Crippen LogP contribution >= 0.6 is 0 Å². The van der Waals surface area contributed by atoms with E-state index in [0.717, 1.165) is 6.07 Å². The van der Waals surface area contributed by atoms with E-state index >= 15 is 0 Å². The lowest BCUT2D eigenvalue weighted by atomic mass is 10.1. The van der Waals surface area contributed by atoms with Crippen LogP contribution in [0.2, 0.25) is 0 Å². The summed E-state index contributed by atoms with van der Waals surface area (Å²) in [6, 6.07) is 2.73. The number of phenols is 1. The largest absolute Gasteiger partial charge is 0.508 e. The van der Waals surface area contributed by atoms with Gasteiger partial charge in [0.1, 0.15) is 5.75 Å². The predicted molar refractivity (Wildman–Crippen MR) is 49.2 cm³/mol. The molecule has 0 spiro atoms. The summed E-state index contributed by atoms with van der Waals surface area (Å²) in [7, 11) is 0. The minimum absolute atomic E-state index is 0.191. The first-order chi connectivity index (χ1) is 6.93. The van der Waals surface area contributed by atoms with Gasteiger partial charge in [-0.1, -0.05) is 12.2 Å². The van der Waals surface area contributed by atoms with Crippen LogP contribution in [-0.2, 0) is 6.18 Å². The van der Waals surface area contributed by atoms with E-state index in [1.165, 1.54) is 18.2 Å². The van der Waals surface area contributed by atoms with Crippen molar-refractivity contribution in [3.8, 4) is 5.75 Å². The second-order valence-corrected chi connectivity index (χ2v) is 2.90. The Bertz CT molecular complexity index is 369. The van der Waals surface area contributed by atoms with E-state index in [4.69, 9.17) is 10.2 Å². The molecule has 1 aromatic carbocycles. The van der Waals surface area contributed by atoms with Crippen LogP contribution in [0.3, 0.4) is 0 Å². The highest BCUT2D eigenvalue weighted by atomic mass is 19.4. The first kappa shape index (κ1) is 11.6. The minimum Gasteiger partial charge on any atom is -0.508 e. The van der Waals surface area contributed by atoms with Crippen molar-refractivity contribution in [2.24, 2.45) is 0 Å². The van der Waals surface area contributed by atoms with Gasteiger partial charge in [-0.05, 0) is 23.8 Å². The second kappa shape index (κ2) is 4.35. The molecular formula is C10H9F3O2. The summed E-state index contributed by atoms with van der Waals surface area (Å²) in [6.45, 7) is -0.267. The molecule has 2 N–H and O–H groups in total. The molecule has 0 aliphatic rings. The van der Waals surface area contributed by atoms with Crippen LogP contribution in [0.15, 0.2) is 24.3 Å². The van der Waals surface area contributed by atoms with E-state index in [2.05, 4.69) is 0 Å². The number of benzene rings is 1. The first-order valence-electron chi connectivity index (χ1n) is 4.12. The van der Waals surface area contributed by atoms with Gasteiger partial charge in [0.15, 0.2) is 0 Å². The Hall–Kier alpha value is -1.49. The van der Waals surface area contributed by atoms with Gasteiger partial charge in [-0.2, -0.15) is 13.2 Å². The van der Waals surface area contributed by atoms with Gasteiger partial charge in [0.25, 0.3) is 0 Å². The maximum atomic E-state index is 12.3. The molecule has 0 heterocycles. The third kappa shape index (κ3) is 3.28. The Morgan fingerprint density at radius 1 is 1.20 bits per heavy atom. The van der Waals surface area contributed by atoms with Crippen molar-refractivity contribution in [3.63, 3.8) is 0 Å². The Morgan fingerprint density at radius 2 is 1.87 bits per heavy atom. The molecule has 15 heavy (non-hydrogen) atoms. The fraction of sp³-hybridized carbons (Fsp3) is 0.200. The standard InChI is InChI=1S/C10H9F3O2/c11-10(12,13)8-4-7(2-1-3-14)5-9(15)6-8/h1-2,4-6,14-15H,3H2. The summed E-state index contributed by atoms with van der Waals surface area (Å²) >= 11 is 0. The number of halogens is 3. The third-order valence-corrected chi connectivity index (χ3v) is 1.68. The highest BCUT2D eigenvalue weighted by Crippen LogP contribution is 2.32. The number of alkyl halides is 3. The maximum Gasteiger partial charge on any atom is 0.416 e. The van der Waals surface area contributed by atoms with E-state index in [1.807, 2.05) is 0 Å². The summed E-state index contributed by atoms with van der Waals surface area (Å²) in [5, 5.41) is 17.5. The summed E-state index contributed by atoms with van der Waals surface area (Å²) < 4.78 is 36.9. The van der Waals surface area contributed by atoms with Crippen molar-refractivity contribution in [3.05, 3.63) is 35.4 Å². The number of phenolic OH excluding ortho intramolecular Hbond substituents is 1. The molecule has 2 nitrogen and oxygen atoms in total. The van der Waals surface area contributed by atoms with Gasteiger partial charge in [-0.25, -0.2) is 0 Å². The van der Waals surface area contributed by atoms with Crippen LogP contribution in [0.4, 0.5) is 13.2 Å². The van der Waals surface area contributed by atoms with Gasteiger partial charge >= 0.3 is 6.18 Å². The quantitative estimate of drug-likeness (QED) is 0.800. The molecule has 0 bridgehead atoms. The lowest BCUT2D eigenvalue weighted by molar-refractivity contribution is -0.137. The van der Waals surface area contributed by atoms with Gasteiger partial charge < -0.3 is 10.2 Å². The van der Waals surface area contributed by atoms with Crippen molar-refractivity contribution >= 4 is 6.08 Å². The molecular weight excluding hydrogens is 209 g/mol. The number of aliphatic hydroxyl groups excluding tert-OH is 1. The van der Waals surface area contributed by atoms with Crippen LogP contribution in [0.25, 0.3) is 6.08 Å². The number of aromatic hydroxyl groups is 1. The molecule has 0 unspecified atom stereocenters. The van der Waals surface area contributed by atoms with E-state index < -0.39 is 17.5 Å². The normalized spacial score (nSPS) is 12.3. The van der Waals surface area contributed by atoms with Gasteiger partial charge in [0.05, 0.1) is 12.2 Å². The van der Waals surface area contributed by atoms with Crippen molar-refractivity contribution in [2.45, 2.75) is 6.18 Å². The average Bonchev–Trinajstić information content (AvgIpc) is 2.12. The fourth-order valence-corrected chi connectivity index (χ4v) is 1.08. The van der Waals surface area contributed by atoms with E-state index in [9.17, 15) is 13.2 Å². The van der Waals surface area contributed by atoms with Crippen molar-refractivity contribution in [2.75, 3.05) is 6.61 Å². The Kier molecular flexibility index (Phi) is 3.36. The molecule has 0 radical (unpaired) electrons. The zero-order chi connectivity index (χ0) is 11.5. The molecule has 0 atom stereocenters. The number of hydrogen-bond donors (Lipinski definition) is 2. The molecule has 5 heteroatoms. The molecule has 0 amide bonds. The van der Waals surface area contributed by atoms with Gasteiger partial charge in [-0.3, -0.25) is 0 Å². The van der Waals surface area contributed by atoms with Gasteiger partial charge in [0, 0.05) is 0 Å². The van der Waals surface area contributed by atoms with Crippen LogP contribution in [-0.4, -0.2) is 16.8 Å². The van der Waals surface area contributed by atoms with Crippen LogP contribution in [0, 0.1) is 0 Å². The molecule has 1 rings (SSSR count). The average molecular weight is 218 g/mol. The third-order valence-electron chi connectivity index (χ3n) is 1.68. The van der Waals surface area contributed by atoms with Crippen LogP contribution in [0.5, 0.6) is 5.75 Å². The van der Waals surface area contributed by atoms with E-state index in [0.29, 0.717) is 6.07 Å². The fourth-order valence-electron chi connectivity index (χ4n) is 1.08. The SMILES string of the molecule is OCC=Cc1cc(O)cc(C(F)(F)F)c1. The molecule has 0 aromatic heterocycles. The zero-order valence-corrected chi connectivity index (χ0v) is 7.62. The summed E-state index contributed by atoms with van der Waals surface area (Å²) in [6.07, 6.45) is -1.90. The summed E-state index contributed by atoms with van der Waals surface area (Å²) in [5.74, 6) is -0.456. The van der Waals surface area contributed by atoms with Crippen molar-refractivity contribution < 1.29 is 23.4 Å². The molecule has 0 aliphatic carbocycles. The highest BCUT2D eigenvalue weighted by Gasteiger charge is 2.31. The van der Waals surface area contributed by atoms with E-state index in [-0.39, 0.29) is 12.2 Å². The monoisotopic (exact) mass is 218 g/mol. The Balaban J connectivity index is 3.11. The molecule has 1 aromatic rings. The van der Waals surface area contributed by atoms with E-state index in [1.54, 1.807) is 0 Å². The van der Waals surface area contributed by atoms with Gasteiger partial charge in [-0.15, -0.1) is 0 Å². The predicted octanol–water partition coefficient (Wildman–Crippen LogP) is 2.42. The zero-order valence-electron chi connectivity index (χ0n) is 7.62. The number of rotatable bonds is 2. The first-order valence-corrected chi connectivity index (χ1v) is 4.12. The lowest BCUT2D eigenvalue weighted by Crippen LogP contribution is -2.04. The van der Waals surface area contributed by atoms with Crippen molar-refractivity contribution in [1.82, 2.24) is 0 Å². The number of hydrogen-bond acceptors (Lipinski definition) is 2. The van der Waals surface area contributed by atoms with Crippen molar-refractivity contribution in [1.29, 1.82) is 0 Å².